The molecule has 0 aliphatic rings. The van der Waals surface area contributed by atoms with Crippen LogP contribution in [0.5, 0.6) is 0 Å². The van der Waals surface area contributed by atoms with Gasteiger partial charge in [-0.3, -0.25) is 19.9 Å². The Morgan fingerprint density at radius 1 is 1.41 bits per heavy atom. The van der Waals surface area contributed by atoms with E-state index in [0.29, 0.717) is 15.6 Å². The summed E-state index contributed by atoms with van der Waals surface area (Å²) >= 11 is 3.10. The maximum Gasteiger partial charge on any atom is 0.284 e. The number of pyridine rings is 1. The summed E-state index contributed by atoms with van der Waals surface area (Å²) in [5.74, 6) is -0.407. The van der Waals surface area contributed by atoms with Gasteiger partial charge in [0.1, 0.15) is 0 Å². The Morgan fingerprint density at radius 3 is 2.82 bits per heavy atom. The summed E-state index contributed by atoms with van der Waals surface area (Å²) in [6, 6.07) is 7.90. The number of rotatable bonds is 4. The normalized spacial score (nSPS) is 10.6. The second-order valence-electron chi connectivity index (χ2n) is 4.36. The van der Waals surface area contributed by atoms with Gasteiger partial charge in [0.25, 0.3) is 11.6 Å². The number of aromatic nitrogens is 1. The van der Waals surface area contributed by atoms with Crippen molar-refractivity contribution in [2.75, 3.05) is 0 Å². The van der Waals surface area contributed by atoms with E-state index in [4.69, 9.17) is 0 Å². The highest BCUT2D eigenvalue weighted by molar-refractivity contribution is 9.10. The third-order valence-electron chi connectivity index (χ3n) is 2.72. The highest BCUT2D eigenvalue weighted by Gasteiger charge is 2.11. The van der Waals surface area contributed by atoms with Crippen molar-refractivity contribution in [3.05, 3.63) is 67.9 Å². The van der Waals surface area contributed by atoms with Crippen LogP contribution >= 0.6 is 15.9 Å². The number of nitro groups is 1. The van der Waals surface area contributed by atoms with Crippen molar-refractivity contribution in [3.63, 3.8) is 0 Å². The molecule has 0 saturated heterocycles. The third-order valence-corrected chi connectivity index (χ3v) is 3.39. The molecule has 0 radical (unpaired) electrons. The smallest absolute Gasteiger partial charge is 0.267 e. The monoisotopic (exact) mass is 362 g/mol. The SMILES string of the molecule is Cc1ccc(C(=O)N/N=C/c2ccc(Br)c([N+](=O)[O-])c2)cn1. The van der Waals surface area contributed by atoms with Crippen molar-refractivity contribution in [3.8, 4) is 0 Å². The van der Waals surface area contributed by atoms with Gasteiger partial charge in [-0.2, -0.15) is 5.10 Å². The summed E-state index contributed by atoms with van der Waals surface area (Å²) in [5.41, 5.74) is 3.95. The highest BCUT2D eigenvalue weighted by Crippen LogP contribution is 2.24. The Balaban J connectivity index is 2.06. The van der Waals surface area contributed by atoms with Crippen molar-refractivity contribution in [1.29, 1.82) is 0 Å². The van der Waals surface area contributed by atoms with Crippen LogP contribution in [0.2, 0.25) is 0 Å². The maximum absolute atomic E-state index is 11.8. The van der Waals surface area contributed by atoms with E-state index in [1.807, 2.05) is 6.92 Å². The van der Waals surface area contributed by atoms with Gasteiger partial charge in [-0.05, 0) is 41.1 Å². The minimum Gasteiger partial charge on any atom is -0.267 e. The fourth-order valence-electron chi connectivity index (χ4n) is 1.58. The molecule has 22 heavy (non-hydrogen) atoms. The van der Waals surface area contributed by atoms with E-state index in [0.717, 1.165) is 5.69 Å². The second kappa shape index (κ2) is 6.90. The van der Waals surface area contributed by atoms with Gasteiger partial charge in [-0.15, -0.1) is 0 Å². The van der Waals surface area contributed by atoms with Crippen LogP contribution < -0.4 is 5.43 Å². The van der Waals surface area contributed by atoms with Crippen LogP contribution in [0, 0.1) is 17.0 Å². The lowest BCUT2D eigenvalue weighted by molar-refractivity contribution is -0.385. The van der Waals surface area contributed by atoms with E-state index in [1.165, 1.54) is 18.5 Å². The Kier molecular flexibility index (Phi) is 4.95. The quantitative estimate of drug-likeness (QED) is 0.513. The Labute approximate surface area is 134 Å². The lowest BCUT2D eigenvalue weighted by Gasteiger charge is -2.00. The van der Waals surface area contributed by atoms with E-state index in [1.54, 1.807) is 24.3 Å². The third kappa shape index (κ3) is 3.95. The van der Waals surface area contributed by atoms with Gasteiger partial charge in [0.15, 0.2) is 0 Å². The zero-order valence-corrected chi connectivity index (χ0v) is 13.1. The molecular formula is C14H11BrN4O3. The molecule has 2 rings (SSSR count). The molecule has 112 valence electrons. The van der Waals surface area contributed by atoms with Crippen molar-refractivity contribution >= 4 is 33.7 Å². The standard InChI is InChI=1S/C14H11BrN4O3/c1-9-2-4-11(8-16-9)14(20)18-17-7-10-3-5-12(15)13(6-10)19(21)22/h2-8H,1H3,(H,18,20)/b17-7+. The number of amides is 1. The first-order chi connectivity index (χ1) is 10.5. The first kappa shape index (κ1) is 15.8. The first-order valence-electron chi connectivity index (χ1n) is 6.17. The molecule has 8 heteroatoms. The summed E-state index contributed by atoms with van der Waals surface area (Å²) in [4.78, 5) is 26.1. The van der Waals surface area contributed by atoms with Crippen LogP contribution in [-0.2, 0) is 0 Å². The van der Waals surface area contributed by atoms with Crippen LogP contribution in [0.1, 0.15) is 21.6 Å². The number of hydrogen-bond donors (Lipinski definition) is 1. The Bertz CT molecular complexity index is 744. The molecule has 1 amide bonds. The molecular weight excluding hydrogens is 352 g/mol. The molecule has 1 N–H and O–H groups in total. The molecule has 0 spiro atoms. The molecule has 2 aromatic rings. The van der Waals surface area contributed by atoms with E-state index in [2.05, 4.69) is 31.4 Å². The molecule has 0 fully saturated rings. The largest absolute Gasteiger partial charge is 0.284 e. The van der Waals surface area contributed by atoms with Crippen molar-refractivity contribution in [1.82, 2.24) is 10.4 Å². The molecule has 1 aromatic carbocycles. The lowest BCUT2D eigenvalue weighted by atomic mass is 10.2. The average Bonchev–Trinajstić information content (AvgIpc) is 2.49. The zero-order chi connectivity index (χ0) is 16.1. The summed E-state index contributed by atoms with van der Waals surface area (Å²) in [6.07, 6.45) is 2.78. The number of carbonyl (C=O) groups excluding carboxylic acids is 1. The summed E-state index contributed by atoms with van der Waals surface area (Å²) < 4.78 is 0.379. The Hall–Kier alpha value is -2.61. The number of aryl methyl sites for hydroxylation is 1. The van der Waals surface area contributed by atoms with Gasteiger partial charge in [0.2, 0.25) is 0 Å². The molecule has 0 aliphatic heterocycles. The van der Waals surface area contributed by atoms with Gasteiger partial charge in [0, 0.05) is 23.5 Å². The molecule has 0 atom stereocenters. The van der Waals surface area contributed by atoms with Crippen LogP contribution in [-0.4, -0.2) is 22.0 Å². The highest BCUT2D eigenvalue weighted by atomic mass is 79.9. The van der Waals surface area contributed by atoms with Gasteiger partial charge >= 0.3 is 0 Å². The molecule has 0 unspecified atom stereocenters. The van der Waals surface area contributed by atoms with E-state index in [-0.39, 0.29) is 5.69 Å². The maximum atomic E-state index is 11.8. The molecule has 0 aliphatic carbocycles. The predicted molar refractivity (Wildman–Crippen MR) is 84.8 cm³/mol. The van der Waals surface area contributed by atoms with E-state index >= 15 is 0 Å². The zero-order valence-electron chi connectivity index (χ0n) is 11.5. The van der Waals surface area contributed by atoms with Crippen LogP contribution in [0.3, 0.4) is 0 Å². The predicted octanol–water partition coefficient (Wildman–Crippen LogP) is 2.82. The number of hydrogen-bond acceptors (Lipinski definition) is 5. The number of nitrogens with zero attached hydrogens (tertiary/aromatic N) is 3. The summed E-state index contributed by atoms with van der Waals surface area (Å²) in [5, 5.41) is 14.6. The summed E-state index contributed by atoms with van der Waals surface area (Å²) in [7, 11) is 0. The number of halogens is 1. The van der Waals surface area contributed by atoms with Gasteiger partial charge in [-0.25, -0.2) is 5.43 Å². The number of benzene rings is 1. The lowest BCUT2D eigenvalue weighted by Crippen LogP contribution is -2.17. The van der Waals surface area contributed by atoms with Crippen molar-refractivity contribution in [2.24, 2.45) is 5.10 Å². The molecule has 1 aromatic heterocycles. The average molecular weight is 363 g/mol. The van der Waals surface area contributed by atoms with Gasteiger partial charge in [-0.1, -0.05) is 6.07 Å². The second-order valence-corrected chi connectivity index (χ2v) is 5.21. The first-order valence-corrected chi connectivity index (χ1v) is 6.96. The number of nitrogens with one attached hydrogen (secondary N) is 1. The van der Waals surface area contributed by atoms with Gasteiger partial charge in [0.05, 0.1) is 21.2 Å². The van der Waals surface area contributed by atoms with Crippen LogP contribution in [0.25, 0.3) is 0 Å². The topological polar surface area (TPSA) is 97.5 Å². The molecule has 0 saturated carbocycles. The molecule has 0 bridgehead atoms. The number of carbonyl (C=O) groups is 1. The van der Waals surface area contributed by atoms with E-state index < -0.39 is 10.8 Å². The van der Waals surface area contributed by atoms with Crippen LogP contribution in [0.4, 0.5) is 5.69 Å². The molecule has 7 nitrogen and oxygen atoms in total. The van der Waals surface area contributed by atoms with Crippen molar-refractivity contribution < 1.29 is 9.72 Å². The van der Waals surface area contributed by atoms with Crippen molar-refractivity contribution in [2.45, 2.75) is 6.92 Å². The fraction of sp³-hybridized carbons (Fsp3) is 0.0714. The van der Waals surface area contributed by atoms with Crippen LogP contribution in [0.15, 0.2) is 46.1 Å². The summed E-state index contributed by atoms with van der Waals surface area (Å²) in [6.45, 7) is 1.82. The number of nitro benzene ring substituents is 1. The minimum absolute atomic E-state index is 0.0713. The fourth-order valence-corrected chi connectivity index (χ4v) is 1.97. The molecule has 1 heterocycles. The number of hydrazone groups is 1. The van der Waals surface area contributed by atoms with Gasteiger partial charge < -0.3 is 0 Å². The minimum atomic E-state index is -0.502. The van der Waals surface area contributed by atoms with E-state index in [9.17, 15) is 14.9 Å². The Morgan fingerprint density at radius 2 is 2.18 bits per heavy atom.